The Hall–Kier alpha value is -1.49. The highest BCUT2D eigenvalue weighted by atomic mass is 35.5. The van der Waals surface area contributed by atoms with Crippen LogP contribution in [0.4, 0.5) is 0 Å². The first-order valence-electron chi connectivity index (χ1n) is 11.5. The van der Waals surface area contributed by atoms with Crippen LogP contribution in [0, 0.1) is 19.8 Å². The molecule has 188 valence electrons. The first-order chi connectivity index (χ1) is 16.1. The Labute approximate surface area is 209 Å². The van der Waals surface area contributed by atoms with Crippen molar-refractivity contribution in [1.82, 2.24) is 13.9 Å². The minimum Gasteiger partial charge on any atom is -0.317 e. The number of hydrogen-bond donors (Lipinski definition) is 1. The van der Waals surface area contributed by atoms with Gasteiger partial charge in [-0.3, -0.25) is 0 Å². The Kier molecular flexibility index (Phi) is 9.54. The fourth-order valence-corrected chi connectivity index (χ4v) is 7.26. The standard InChI is InChI=1S/C24H34ClN3O4S2/c1-20-5-9-23(10-6-20)33(29,30)27-15-3-13-26-14-4-16-28(19-22(17-25)18-27)34(31,32)24-11-7-21(2)8-12-24/h5-12,22,26H,3-4,13-19H2,1-2H3. The van der Waals surface area contributed by atoms with Gasteiger partial charge in [0.2, 0.25) is 20.0 Å². The zero-order chi connectivity index (χ0) is 24.8. The van der Waals surface area contributed by atoms with E-state index in [-0.39, 0.29) is 34.7 Å². The van der Waals surface area contributed by atoms with Crippen molar-refractivity contribution < 1.29 is 16.8 Å². The second-order valence-corrected chi connectivity index (χ2v) is 13.0. The Balaban J connectivity index is 1.89. The van der Waals surface area contributed by atoms with Gasteiger partial charge in [-0.15, -0.1) is 11.6 Å². The number of alkyl halides is 1. The predicted molar refractivity (Wildman–Crippen MR) is 136 cm³/mol. The summed E-state index contributed by atoms with van der Waals surface area (Å²) in [6.45, 7) is 6.09. The highest BCUT2D eigenvalue weighted by Gasteiger charge is 2.31. The Morgan fingerprint density at radius 3 is 1.50 bits per heavy atom. The largest absolute Gasteiger partial charge is 0.317 e. The van der Waals surface area contributed by atoms with Crippen molar-refractivity contribution in [3.05, 3.63) is 59.7 Å². The van der Waals surface area contributed by atoms with E-state index in [1.807, 2.05) is 13.8 Å². The summed E-state index contributed by atoms with van der Waals surface area (Å²) in [6.07, 6.45) is 1.32. The molecule has 0 amide bonds. The molecule has 34 heavy (non-hydrogen) atoms. The van der Waals surface area contributed by atoms with Gasteiger partial charge >= 0.3 is 0 Å². The number of nitrogens with zero attached hydrogens (tertiary/aromatic N) is 2. The summed E-state index contributed by atoms with van der Waals surface area (Å²) >= 11 is 6.28. The molecule has 0 saturated carbocycles. The van der Waals surface area contributed by atoms with E-state index in [4.69, 9.17) is 11.6 Å². The van der Waals surface area contributed by atoms with E-state index >= 15 is 0 Å². The topological polar surface area (TPSA) is 86.8 Å². The number of hydrogen-bond acceptors (Lipinski definition) is 5. The second kappa shape index (κ2) is 12.0. The van der Waals surface area contributed by atoms with Crippen LogP contribution in [0.25, 0.3) is 0 Å². The van der Waals surface area contributed by atoms with Gasteiger partial charge in [0.15, 0.2) is 0 Å². The van der Waals surface area contributed by atoms with Gasteiger partial charge in [0.1, 0.15) is 0 Å². The van der Waals surface area contributed by atoms with E-state index in [9.17, 15) is 16.8 Å². The lowest BCUT2D eigenvalue weighted by Crippen LogP contribution is -2.44. The number of benzene rings is 2. The summed E-state index contributed by atoms with van der Waals surface area (Å²) in [4.78, 5) is 0.464. The van der Waals surface area contributed by atoms with Gasteiger partial charge in [-0.05, 0) is 64.0 Å². The summed E-state index contributed by atoms with van der Waals surface area (Å²) in [5.74, 6) is -0.201. The van der Waals surface area contributed by atoms with E-state index in [1.165, 1.54) is 8.61 Å². The summed E-state index contributed by atoms with van der Waals surface area (Å²) in [5.41, 5.74) is 1.96. The number of nitrogens with one attached hydrogen (secondary N) is 1. The van der Waals surface area contributed by atoms with Gasteiger partial charge in [0.25, 0.3) is 0 Å². The SMILES string of the molecule is Cc1ccc(S(=O)(=O)N2CCCNCCCN(S(=O)(=O)c3ccc(C)cc3)CC(CCl)C2)cc1. The third-order valence-electron chi connectivity index (χ3n) is 5.98. The molecule has 2 aromatic carbocycles. The lowest BCUT2D eigenvalue weighted by molar-refractivity contribution is 0.290. The van der Waals surface area contributed by atoms with Gasteiger partial charge in [0, 0.05) is 38.0 Å². The third-order valence-corrected chi connectivity index (χ3v) is 10.2. The quantitative estimate of drug-likeness (QED) is 0.603. The zero-order valence-corrected chi connectivity index (χ0v) is 22.2. The molecular formula is C24H34ClN3O4S2. The monoisotopic (exact) mass is 527 g/mol. The molecule has 7 nitrogen and oxygen atoms in total. The molecule has 0 atom stereocenters. The van der Waals surface area contributed by atoms with Crippen molar-refractivity contribution >= 4 is 31.6 Å². The van der Waals surface area contributed by atoms with Crippen molar-refractivity contribution in [2.24, 2.45) is 5.92 Å². The first kappa shape index (κ1) is 27.1. The van der Waals surface area contributed by atoms with Crippen molar-refractivity contribution in [3.63, 3.8) is 0 Å². The molecule has 0 radical (unpaired) electrons. The number of sulfonamides is 2. The number of aryl methyl sites for hydroxylation is 2. The Morgan fingerprint density at radius 2 is 1.15 bits per heavy atom. The fraction of sp³-hybridized carbons (Fsp3) is 0.500. The molecule has 1 heterocycles. The molecule has 1 aliphatic rings. The van der Waals surface area contributed by atoms with Gasteiger partial charge in [0.05, 0.1) is 9.79 Å². The average molecular weight is 528 g/mol. The number of halogens is 1. The molecule has 1 fully saturated rings. The molecule has 1 N–H and O–H groups in total. The van der Waals surface area contributed by atoms with Crippen LogP contribution in [0.5, 0.6) is 0 Å². The maximum Gasteiger partial charge on any atom is 0.243 e. The van der Waals surface area contributed by atoms with Crippen molar-refractivity contribution in [2.75, 3.05) is 45.1 Å². The van der Waals surface area contributed by atoms with Crippen molar-refractivity contribution in [2.45, 2.75) is 36.5 Å². The van der Waals surface area contributed by atoms with Crippen molar-refractivity contribution in [1.29, 1.82) is 0 Å². The van der Waals surface area contributed by atoms with Gasteiger partial charge in [-0.1, -0.05) is 35.4 Å². The normalized spacial score (nSPS) is 18.8. The summed E-state index contributed by atoms with van der Waals surface area (Å²) < 4.78 is 56.7. The minimum atomic E-state index is -3.74. The van der Waals surface area contributed by atoms with E-state index in [1.54, 1.807) is 48.5 Å². The molecule has 0 aliphatic carbocycles. The molecule has 0 bridgehead atoms. The van der Waals surface area contributed by atoms with Gasteiger partial charge in [-0.25, -0.2) is 16.8 Å². The molecule has 1 aliphatic heterocycles. The van der Waals surface area contributed by atoms with Crippen LogP contribution in [0.1, 0.15) is 24.0 Å². The molecule has 1 saturated heterocycles. The van der Waals surface area contributed by atoms with Crippen LogP contribution in [-0.2, 0) is 20.0 Å². The molecule has 0 spiro atoms. The Morgan fingerprint density at radius 1 is 0.765 bits per heavy atom. The molecule has 2 aromatic rings. The molecule has 0 unspecified atom stereocenters. The Bertz CT molecular complexity index is 1050. The highest BCUT2D eigenvalue weighted by molar-refractivity contribution is 7.89. The van der Waals surface area contributed by atoms with Crippen LogP contribution in [0.15, 0.2) is 58.3 Å². The first-order valence-corrected chi connectivity index (χ1v) is 15.0. The molecule has 3 rings (SSSR count). The number of rotatable bonds is 5. The lowest BCUT2D eigenvalue weighted by Gasteiger charge is -2.31. The summed E-state index contributed by atoms with van der Waals surface area (Å²) in [5, 5.41) is 3.30. The van der Waals surface area contributed by atoms with Crippen molar-refractivity contribution in [3.8, 4) is 0 Å². The molecular weight excluding hydrogens is 494 g/mol. The van der Waals surface area contributed by atoms with Gasteiger partial charge in [-0.2, -0.15) is 8.61 Å². The smallest absolute Gasteiger partial charge is 0.243 e. The van der Waals surface area contributed by atoms with Crippen LogP contribution < -0.4 is 5.32 Å². The maximum absolute atomic E-state index is 13.4. The maximum atomic E-state index is 13.4. The van der Waals surface area contributed by atoms with Crippen LogP contribution >= 0.6 is 11.6 Å². The van der Waals surface area contributed by atoms with E-state index in [0.717, 1.165) is 11.1 Å². The minimum absolute atomic E-state index is 0.151. The van der Waals surface area contributed by atoms with Gasteiger partial charge < -0.3 is 5.32 Å². The highest BCUT2D eigenvalue weighted by Crippen LogP contribution is 2.22. The van der Waals surface area contributed by atoms with Crippen LogP contribution in [0.2, 0.25) is 0 Å². The summed E-state index contributed by atoms with van der Waals surface area (Å²) in [6, 6.07) is 13.6. The lowest BCUT2D eigenvalue weighted by atomic mass is 10.1. The molecule has 0 aromatic heterocycles. The fourth-order valence-electron chi connectivity index (χ4n) is 3.95. The molecule has 10 heteroatoms. The zero-order valence-electron chi connectivity index (χ0n) is 19.8. The predicted octanol–water partition coefficient (Wildman–Crippen LogP) is 3.22. The second-order valence-electron chi connectivity index (χ2n) is 8.83. The average Bonchev–Trinajstić information content (AvgIpc) is 2.79. The van der Waals surface area contributed by atoms with E-state index in [2.05, 4.69) is 5.32 Å². The summed E-state index contributed by atoms with van der Waals surface area (Å²) in [7, 11) is -7.48. The van der Waals surface area contributed by atoms with E-state index in [0.29, 0.717) is 39.0 Å². The van der Waals surface area contributed by atoms with E-state index < -0.39 is 20.0 Å². The third kappa shape index (κ3) is 6.80. The van der Waals surface area contributed by atoms with Crippen LogP contribution in [0.3, 0.4) is 0 Å². The van der Waals surface area contributed by atoms with Crippen LogP contribution in [-0.4, -0.2) is 70.6 Å².